The van der Waals surface area contributed by atoms with E-state index in [1.165, 1.54) is 5.69 Å². The Morgan fingerprint density at radius 3 is 3.00 bits per heavy atom. The van der Waals surface area contributed by atoms with Gasteiger partial charge >= 0.3 is 0 Å². The highest BCUT2D eigenvalue weighted by Crippen LogP contribution is 2.16. The number of benzene rings is 1. The molecule has 0 saturated carbocycles. The van der Waals surface area contributed by atoms with Gasteiger partial charge in [0, 0.05) is 22.9 Å². The Balaban J connectivity index is 2.02. The van der Waals surface area contributed by atoms with Crippen molar-refractivity contribution in [3.63, 3.8) is 0 Å². The van der Waals surface area contributed by atoms with Crippen molar-refractivity contribution in [2.75, 3.05) is 5.32 Å². The van der Waals surface area contributed by atoms with Crippen molar-refractivity contribution in [3.8, 4) is 0 Å². The summed E-state index contributed by atoms with van der Waals surface area (Å²) in [6, 6.07) is 10.2. The standard InChI is InChI=1S/C12H14BrN3/c1-2-16-12(6-7-15-16)9-14-11-5-3-4-10(13)8-11/h3-8,14H,2,9H2,1H3. The highest BCUT2D eigenvalue weighted by molar-refractivity contribution is 9.10. The lowest BCUT2D eigenvalue weighted by Gasteiger charge is -2.08. The molecule has 0 atom stereocenters. The summed E-state index contributed by atoms with van der Waals surface area (Å²) in [7, 11) is 0. The summed E-state index contributed by atoms with van der Waals surface area (Å²) in [5, 5.41) is 7.60. The van der Waals surface area contributed by atoms with E-state index >= 15 is 0 Å². The van der Waals surface area contributed by atoms with Gasteiger partial charge in [-0.1, -0.05) is 22.0 Å². The number of aryl methyl sites for hydroxylation is 1. The monoisotopic (exact) mass is 279 g/mol. The second-order valence-electron chi connectivity index (χ2n) is 3.50. The average Bonchev–Trinajstić information content (AvgIpc) is 2.74. The number of hydrogen-bond acceptors (Lipinski definition) is 2. The summed E-state index contributed by atoms with van der Waals surface area (Å²) in [5.41, 5.74) is 2.31. The molecule has 1 aromatic carbocycles. The van der Waals surface area contributed by atoms with E-state index in [4.69, 9.17) is 0 Å². The molecule has 0 unspecified atom stereocenters. The smallest absolute Gasteiger partial charge is 0.0575 e. The molecule has 0 aliphatic carbocycles. The molecule has 84 valence electrons. The minimum atomic E-state index is 0.796. The highest BCUT2D eigenvalue weighted by atomic mass is 79.9. The van der Waals surface area contributed by atoms with Crippen molar-refractivity contribution in [2.24, 2.45) is 0 Å². The van der Waals surface area contributed by atoms with E-state index in [1.54, 1.807) is 0 Å². The number of nitrogens with one attached hydrogen (secondary N) is 1. The van der Waals surface area contributed by atoms with Crippen molar-refractivity contribution in [1.29, 1.82) is 0 Å². The van der Waals surface area contributed by atoms with Gasteiger partial charge in [0.15, 0.2) is 0 Å². The molecule has 0 bridgehead atoms. The third-order valence-corrected chi connectivity index (χ3v) is 2.90. The SMILES string of the molecule is CCn1nccc1CNc1cccc(Br)c1. The number of halogens is 1. The van der Waals surface area contributed by atoms with Crippen LogP contribution in [0.15, 0.2) is 41.0 Å². The molecule has 0 fully saturated rings. The highest BCUT2D eigenvalue weighted by Gasteiger charge is 2.00. The zero-order valence-corrected chi connectivity index (χ0v) is 10.7. The first-order valence-electron chi connectivity index (χ1n) is 5.29. The lowest BCUT2D eigenvalue weighted by atomic mass is 10.3. The topological polar surface area (TPSA) is 29.9 Å². The molecule has 2 aromatic rings. The normalized spacial score (nSPS) is 10.4. The summed E-state index contributed by atoms with van der Waals surface area (Å²) in [6.45, 7) is 3.79. The van der Waals surface area contributed by atoms with Crippen LogP contribution in [0, 0.1) is 0 Å². The molecule has 0 aliphatic rings. The molecular formula is C12H14BrN3. The Kier molecular flexibility index (Phi) is 3.62. The lowest BCUT2D eigenvalue weighted by molar-refractivity contribution is 0.627. The van der Waals surface area contributed by atoms with Crippen molar-refractivity contribution < 1.29 is 0 Å². The van der Waals surface area contributed by atoms with Crippen LogP contribution >= 0.6 is 15.9 Å². The molecule has 3 nitrogen and oxygen atoms in total. The fourth-order valence-electron chi connectivity index (χ4n) is 1.59. The molecular weight excluding hydrogens is 266 g/mol. The Hall–Kier alpha value is -1.29. The van der Waals surface area contributed by atoms with Crippen LogP contribution in [-0.2, 0) is 13.1 Å². The molecule has 4 heteroatoms. The van der Waals surface area contributed by atoms with E-state index < -0.39 is 0 Å². The molecule has 16 heavy (non-hydrogen) atoms. The quantitative estimate of drug-likeness (QED) is 0.931. The number of anilines is 1. The Bertz CT molecular complexity index is 465. The van der Waals surface area contributed by atoms with E-state index in [-0.39, 0.29) is 0 Å². The van der Waals surface area contributed by atoms with Crippen molar-refractivity contribution in [3.05, 3.63) is 46.7 Å². The van der Waals surface area contributed by atoms with Gasteiger partial charge in [-0.2, -0.15) is 5.10 Å². The van der Waals surface area contributed by atoms with Gasteiger partial charge in [0.25, 0.3) is 0 Å². The largest absolute Gasteiger partial charge is 0.379 e. The summed E-state index contributed by atoms with van der Waals surface area (Å²) < 4.78 is 3.08. The second kappa shape index (κ2) is 5.16. The van der Waals surface area contributed by atoms with E-state index in [2.05, 4.69) is 45.4 Å². The third kappa shape index (κ3) is 2.64. The van der Waals surface area contributed by atoms with Crippen LogP contribution in [0.5, 0.6) is 0 Å². The van der Waals surface area contributed by atoms with Gasteiger partial charge in [-0.3, -0.25) is 4.68 Å². The van der Waals surface area contributed by atoms with Gasteiger partial charge in [-0.15, -0.1) is 0 Å². The van der Waals surface area contributed by atoms with Crippen LogP contribution in [0.2, 0.25) is 0 Å². The Morgan fingerprint density at radius 1 is 1.38 bits per heavy atom. The minimum Gasteiger partial charge on any atom is -0.379 e. The zero-order chi connectivity index (χ0) is 11.4. The van der Waals surface area contributed by atoms with Gasteiger partial charge in [0.2, 0.25) is 0 Å². The minimum absolute atomic E-state index is 0.796. The molecule has 0 aliphatic heterocycles. The Morgan fingerprint density at radius 2 is 2.25 bits per heavy atom. The maximum atomic E-state index is 4.23. The first-order valence-corrected chi connectivity index (χ1v) is 6.09. The van der Waals surface area contributed by atoms with Crippen LogP contribution in [0.4, 0.5) is 5.69 Å². The summed E-state index contributed by atoms with van der Waals surface area (Å²) >= 11 is 3.45. The van der Waals surface area contributed by atoms with Gasteiger partial charge in [-0.05, 0) is 31.2 Å². The number of hydrogen-bond donors (Lipinski definition) is 1. The molecule has 1 N–H and O–H groups in total. The molecule has 1 heterocycles. The third-order valence-electron chi connectivity index (χ3n) is 2.40. The van der Waals surface area contributed by atoms with E-state index in [0.717, 1.165) is 23.2 Å². The van der Waals surface area contributed by atoms with Gasteiger partial charge < -0.3 is 5.32 Å². The van der Waals surface area contributed by atoms with Crippen LogP contribution in [0.3, 0.4) is 0 Å². The molecule has 0 spiro atoms. The predicted molar refractivity (Wildman–Crippen MR) is 69.4 cm³/mol. The fraction of sp³-hybridized carbons (Fsp3) is 0.250. The average molecular weight is 280 g/mol. The first kappa shape index (κ1) is 11.2. The molecule has 2 rings (SSSR count). The van der Waals surface area contributed by atoms with E-state index in [1.807, 2.05) is 29.1 Å². The van der Waals surface area contributed by atoms with Crippen LogP contribution in [-0.4, -0.2) is 9.78 Å². The van der Waals surface area contributed by atoms with E-state index in [0.29, 0.717) is 0 Å². The van der Waals surface area contributed by atoms with Crippen LogP contribution in [0.1, 0.15) is 12.6 Å². The van der Waals surface area contributed by atoms with Crippen LogP contribution in [0.25, 0.3) is 0 Å². The maximum Gasteiger partial charge on any atom is 0.0575 e. The second-order valence-corrected chi connectivity index (χ2v) is 4.42. The van der Waals surface area contributed by atoms with Crippen LogP contribution < -0.4 is 5.32 Å². The van der Waals surface area contributed by atoms with Gasteiger partial charge in [0.1, 0.15) is 0 Å². The van der Waals surface area contributed by atoms with E-state index in [9.17, 15) is 0 Å². The first-order chi connectivity index (χ1) is 7.79. The van der Waals surface area contributed by atoms with Crippen molar-refractivity contribution in [2.45, 2.75) is 20.0 Å². The summed E-state index contributed by atoms with van der Waals surface area (Å²) in [6.07, 6.45) is 1.83. The van der Waals surface area contributed by atoms with Gasteiger partial charge in [-0.25, -0.2) is 0 Å². The fourth-order valence-corrected chi connectivity index (χ4v) is 1.99. The number of rotatable bonds is 4. The molecule has 0 radical (unpaired) electrons. The lowest BCUT2D eigenvalue weighted by Crippen LogP contribution is -2.07. The maximum absolute atomic E-state index is 4.23. The van der Waals surface area contributed by atoms with Crippen molar-refractivity contribution >= 4 is 21.6 Å². The van der Waals surface area contributed by atoms with Gasteiger partial charge in [0.05, 0.1) is 12.2 Å². The number of aromatic nitrogens is 2. The summed E-state index contributed by atoms with van der Waals surface area (Å²) in [5.74, 6) is 0. The molecule has 0 saturated heterocycles. The zero-order valence-electron chi connectivity index (χ0n) is 9.15. The molecule has 0 amide bonds. The summed E-state index contributed by atoms with van der Waals surface area (Å²) in [4.78, 5) is 0. The van der Waals surface area contributed by atoms with Crippen molar-refractivity contribution in [1.82, 2.24) is 9.78 Å². The Labute approximate surface area is 104 Å². The molecule has 1 aromatic heterocycles. The predicted octanol–water partition coefficient (Wildman–Crippen LogP) is 3.28. The number of nitrogens with zero attached hydrogens (tertiary/aromatic N) is 2.